The van der Waals surface area contributed by atoms with E-state index in [-0.39, 0.29) is 11.7 Å². The minimum atomic E-state index is -0.738. The summed E-state index contributed by atoms with van der Waals surface area (Å²) in [5, 5.41) is 13.4. The first kappa shape index (κ1) is 23.1. The Labute approximate surface area is 191 Å². The van der Waals surface area contributed by atoms with Gasteiger partial charge in [0.15, 0.2) is 0 Å². The Morgan fingerprint density at radius 2 is 1.88 bits per heavy atom. The number of allylic oxidation sites excluding steroid dienone is 1. The largest absolute Gasteiger partial charge is 0.494 e. The molecule has 3 N–H and O–H groups in total. The van der Waals surface area contributed by atoms with Crippen LogP contribution in [0.5, 0.6) is 5.75 Å². The molecule has 32 heavy (non-hydrogen) atoms. The number of hydrogen-bond donors (Lipinski definition) is 2. The molecule has 8 heteroatoms. The van der Waals surface area contributed by atoms with Crippen molar-refractivity contribution in [3.05, 3.63) is 71.4 Å². The number of nitrogens with zero attached hydrogens (tertiary/aromatic N) is 2. The van der Waals surface area contributed by atoms with E-state index < -0.39 is 17.7 Å². The van der Waals surface area contributed by atoms with Gasteiger partial charge in [-0.2, -0.15) is 5.26 Å². The molecule has 0 radical (unpaired) electrons. The van der Waals surface area contributed by atoms with Gasteiger partial charge in [-0.25, -0.2) is 4.99 Å². The third-order valence-electron chi connectivity index (χ3n) is 4.91. The first-order valence-electron chi connectivity index (χ1n) is 10.1. The minimum Gasteiger partial charge on any atom is -0.494 e. The maximum atomic E-state index is 13.3. The number of nitrogens with two attached hydrogens (primary N) is 1. The normalized spacial score (nSPS) is 17.8. The maximum Gasteiger partial charge on any atom is 0.254 e. The van der Waals surface area contributed by atoms with E-state index in [1.807, 2.05) is 49.4 Å². The fraction of sp³-hybridized carbons (Fsp3) is 0.250. The molecule has 0 saturated heterocycles. The van der Waals surface area contributed by atoms with Crippen LogP contribution in [0, 0.1) is 17.2 Å². The zero-order chi connectivity index (χ0) is 23.1. The second kappa shape index (κ2) is 10.6. The number of ether oxygens (including phenoxy) is 1. The summed E-state index contributed by atoms with van der Waals surface area (Å²) in [5.41, 5.74) is 7.63. The third kappa shape index (κ3) is 5.37. The van der Waals surface area contributed by atoms with Gasteiger partial charge in [0.2, 0.25) is 5.91 Å². The Kier molecular flexibility index (Phi) is 7.68. The highest BCUT2D eigenvalue weighted by molar-refractivity contribution is 8.14. The van der Waals surface area contributed by atoms with Crippen LogP contribution in [-0.2, 0) is 9.59 Å². The van der Waals surface area contributed by atoms with E-state index in [0.29, 0.717) is 34.4 Å². The van der Waals surface area contributed by atoms with Gasteiger partial charge in [0, 0.05) is 22.9 Å². The van der Waals surface area contributed by atoms with Crippen molar-refractivity contribution >= 4 is 34.3 Å². The van der Waals surface area contributed by atoms with Crippen LogP contribution >= 0.6 is 11.8 Å². The molecular weight excluding hydrogens is 424 g/mol. The van der Waals surface area contributed by atoms with Crippen molar-refractivity contribution in [1.29, 1.82) is 5.26 Å². The molecule has 164 valence electrons. The average molecular weight is 449 g/mol. The van der Waals surface area contributed by atoms with Gasteiger partial charge in [-0.05, 0) is 43.7 Å². The van der Waals surface area contributed by atoms with Gasteiger partial charge in [-0.3, -0.25) is 9.59 Å². The first-order valence-corrected chi connectivity index (χ1v) is 11.1. The molecule has 0 spiro atoms. The summed E-state index contributed by atoms with van der Waals surface area (Å²) in [6.45, 7) is 4.17. The molecular formula is C24H24N4O3S. The Morgan fingerprint density at radius 3 is 2.47 bits per heavy atom. The lowest BCUT2D eigenvalue weighted by molar-refractivity contribution is -0.115. The lowest BCUT2D eigenvalue weighted by atomic mass is 9.78. The van der Waals surface area contributed by atoms with Crippen LogP contribution in [0.15, 0.2) is 70.9 Å². The number of carbonyl (C=O) groups excluding carboxylic acids is 2. The van der Waals surface area contributed by atoms with E-state index in [1.54, 1.807) is 19.1 Å². The summed E-state index contributed by atoms with van der Waals surface area (Å²) in [7, 11) is 0. The summed E-state index contributed by atoms with van der Waals surface area (Å²) in [6, 6.07) is 18.7. The number of nitriles is 1. The second-order valence-electron chi connectivity index (χ2n) is 7.11. The molecule has 2 amide bonds. The van der Waals surface area contributed by atoms with E-state index in [0.717, 1.165) is 17.3 Å². The Balaban J connectivity index is 2.04. The van der Waals surface area contributed by atoms with Crippen LogP contribution in [0.2, 0.25) is 0 Å². The number of nitrogens with one attached hydrogen (secondary N) is 1. The molecule has 0 aliphatic carbocycles. The Bertz CT molecular complexity index is 1090. The predicted molar refractivity (Wildman–Crippen MR) is 126 cm³/mol. The van der Waals surface area contributed by atoms with Crippen LogP contribution in [0.1, 0.15) is 25.3 Å². The van der Waals surface area contributed by atoms with Gasteiger partial charge in [0.05, 0.1) is 23.5 Å². The predicted octanol–water partition coefficient (Wildman–Crippen LogP) is 3.85. The molecule has 3 rings (SSSR count). The fourth-order valence-corrected chi connectivity index (χ4v) is 4.41. The second-order valence-corrected chi connectivity index (χ2v) is 8.11. The maximum absolute atomic E-state index is 13.3. The van der Waals surface area contributed by atoms with E-state index in [2.05, 4.69) is 16.4 Å². The van der Waals surface area contributed by atoms with Crippen LogP contribution in [0.4, 0.5) is 5.69 Å². The number of primary amides is 1. The smallest absolute Gasteiger partial charge is 0.254 e. The zero-order valence-electron chi connectivity index (χ0n) is 17.9. The number of carbonyl (C=O) groups is 2. The van der Waals surface area contributed by atoms with Crippen molar-refractivity contribution in [2.24, 2.45) is 16.6 Å². The zero-order valence-corrected chi connectivity index (χ0v) is 18.7. The van der Waals surface area contributed by atoms with Crippen LogP contribution in [-0.4, -0.2) is 29.2 Å². The SMILES string of the molecule is CCOc1ccc([C@@H]2C(C(=O)Nc3ccccc3)=C(C)N=C(SCC(N)=O)C2C#N)cc1. The quantitative estimate of drug-likeness (QED) is 0.667. The van der Waals surface area contributed by atoms with E-state index in [9.17, 15) is 14.9 Å². The molecule has 1 unspecified atom stereocenters. The molecule has 1 heterocycles. The highest BCUT2D eigenvalue weighted by Gasteiger charge is 2.39. The van der Waals surface area contributed by atoms with Crippen LogP contribution < -0.4 is 15.8 Å². The summed E-state index contributed by atoms with van der Waals surface area (Å²) < 4.78 is 5.53. The summed E-state index contributed by atoms with van der Waals surface area (Å²) >= 11 is 1.13. The molecule has 1 aliphatic rings. The molecule has 2 aromatic carbocycles. The molecule has 1 aliphatic heterocycles. The van der Waals surface area contributed by atoms with Crippen molar-refractivity contribution in [2.75, 3.05) is 17.7 Å². The Hall–Kier alpha value is -3.57. The van der Waals surface area contributed by atoms with Crippen molar-refractivity contribution < 1.29 is 14.3 Å². The van der Waals surface area contributed by atoms with Crippen molar-refractivity contribution in [1.82, 2.24) is 0 Å². The lowest BCUT2D eigenvalue weighted by Gasteiger charge is -2.30. The molecule has 2 aromatic rings. The summed E-state index contributed by atoms with van der Waals surface area (Å²) in [4.78, 5) is 29.1. The summed E-state index contributed by atoms with van der Waals surface area (Å²) in [5.74, 6) is -1.42. The molecule has 2 atom stereocenters. The molecule has 7 nitrogen and oxygen atoms in total. The van der Waals surface area contributed by atoms with E-state index in [4.69, 9.17) is 10.5 Å². The van der Waals surface area contributed by atoms with Crippen LogP contribution in [0.3, 0.4) is 0 Å². The number of para-hydroxylation sites is 1. The highest BCUT2D eigenvalue weighted by Crippen LogP contribution is 2.41. The number of anilines is 1. The number of hydrogen-bond acceptors (Lipinski definition) is 6. The van der Waals surface area contributed by atoms with E-state index >= 15 is 0 Å². The number of thioether (sulfide) groups is 1. The fourth-order valence-electron chi connectivity index (χ4n) is 3.55. The van der Waals surface area contributed by atoms with E-state index in [1.165, 1.54) is 0 Å². The minimum absolute atomic E-state index is 0.00579. The number of rotatable bonds is 7. The third-order valence-corrected chi connectivity index (χ3v) is 5.98. The topological polar surface area (TPSA) is 118 Å². The standard InChI is InChI=1S/C24H24N4O3S/c1-3-31-18-11-9-16(10-12-18)22-19(13-25)24(32-14-20(26)29)27-15(2)21(22)23(30)28-17-7-5-4-6-8-17/h4-12,19,22H,3,14H2,1-2H3,(H2,26,29)(H,28,30)/t19?,22-/m0/s1. The Morgan fingerprint density at radius 1 is 1.19 bits per heavy atom. The number of benzene rings is 2. The van der Waals surface area contributed by atoms with Gasteiger partial charge in [0.25, 0.3) is 5.91 Å². The molecule has 0 fully saturated rings. The van der Waals surface area contributed by atoms with Gasteiger partial charge < -0.3 is 15.8 Å². The van der Waals surface area contributed by atoms with Crippen molar-refractivity contribution in [3.63, 3.8) is 0 Å². The molecule has 0 saturated carbocycles. The van der Waals surface area contributed by atoms with Gasteiger partial charge in [0.1, 0.15) is 11.7 Å². The van der Waals surface area contributed by atoms with Crippen molar-refractivity contribution in [2.45, 2.75) is 19.8 Å². The first-order chi connectivity index (χ1) is 15.4. The van der Waals surface area contributed by atoms with Crippen LogP contribution in [0.25, 0.3) is 0 Å². The average Bonchev–Trinajstić information content (AvgIpc) is 2.78. The number of aliphatic imine (C=N–C) groups is 1. The van der Waals surface area contributed by atoms with Crippen molar-refractivity contribution in [3.8, 4) is 11.8 Å². The number of amides is 2. The molecule has 0 aromatic heterocycles. The van der Waals surface area contributed by atoms with Gasteiger partial charge in [-0.1, -0.05) is 42.1 Å². The van der Waals surface area contributed by atoms with Gasteiger partial charge in [-0.15, -0.1) is 0 Å². The lowest BCUT2D eigenvalue weighted by Crippen LogP contribution is -2.32. The monoisotopic (exact) mass is 448 g/mol. The van der Waals surface area contributed by atoms with Gasteiger partial charge >= 0.3 is 0 Å². The molecule has 0 bridgehead atoms. The highest BCUT2D eigenvalue weighted by atomic mass is 32.2. The summed E-state index contributed by atoms with van der Waals surface area (Å²) in [6.07, 6.45) is 0.